The minimum absolute atomic E-state index is 0.0165. The predicted molar refractivity (Wildman–Crippen MR) is 290 cm³/mol. The number of allylic oxidation sites excluding steroid dienone is 17. The highest BCUT2D eigenvalue weighted by Gasteiger charge is 2.46. The molecule has 2 heterocycles. The van der Waals surface area contributed by atoms with Crippen LogP contribution in [0, 0.1) is 0 Å². The van der Waals surface area contributed by atoms with Gasteiger partial charge in [0.2, 0.25) is 0 Å². The van der Waals surface area contributed by atoms with Crippen LogP contribution in [0.4, 0.5) is 5.82 Å². The summed E-state index contributed by atoms with van der Waals surface area (Å²) in [6.07, 6.45) is 43.5. The van der Waals surface area contributed by atoms with Crippen molar-refractivity contribution in [2.75, 3.05) is 25.6 Å². The van der Waals surface area contributed by atoms with E-state index in [4.69, 9.17) is 29.0 Å². The average molecular weight is 1090 g/mol. The molecule has 1 fully saturated rings. The molecule has 2 unspecified atom stereocenters. The number of nitrogen functional groups attached to an aromatic ring is 1. The van der Waals surface area contributed by atoms with Crippen LogP contribution in [0.3, 0.4) is 0 Å². The highest BCUT2D eigenvalue weighted by atomic mass is 31.3. The number of rotatable bonds is 41. The third kappa shape index (κ3) is 33.2. The van der Waals surface area contributed by atoms with Gasteiger partial charge in [-0.25, -0.2) is 13.9 Å². The van der Waals surface area contributed by atoms with Gasteiger partial charge in [0, 0.05) is 19.0 Å². The largest absolute Gasteiger partial charge is 0.481 e. The van der Waals surface area contributed by atoms with Crippen molar-refractivity contribution in [3.05, 3.63) is 132 Å². The summed E-state index contributed by atoms with van der Waals surface area (Å²) in [7, 11) is -10.9. The van der Waals surface area contributed by atoms with Crippen molar-refractivity contribution >= 4 is 33.4 Å². The quantitative estimate of drug-likeness (QED) is 0.0117. The van der Waals surface area contributed by atoms with Gasteiger partial charge in [0.25, 0.3) is 0 Å². The molecule has 0 spiro atoms. The number of aliphatic hydroxyl groups excluding tert-OH is 3. The monoisotopic (exact) mass is 1090 g/mol. The Bertz CT molecular complexity index is 2200. The summed E-state index contributed by atoms with van der Waals surface area (Å²) in [6, 6.07) is 1.24. The Balaban J connectivity index is 1.85. The molecule has 1 saturated heterocycles. The van der Waals surface area contributed by atoms with Crippen LogP contribution < -0.4 is 11.4 Å². The molecular formula is C54H83N3O16P2. The van der Waals surface area contributed by atoms with Gasteiger partial charge in [0.05, 0.1) is 19.3 Å². The maximum atomic E-state index is 12.9. The van der Waals surface area contributed by atoms with Gasteiger partial charge in [0.1, 0.15) is 30.7 Å². The first-order valence-electron chi connectivity index (χ1n) is 26.0. The molecule has 2 rings (SSSR count). The van der Waals surface area contributed by atoms with E-state index in [9.17, 15) is 48.6 Å². The van der Waals surface area contributed by atoms with E-state index in [1.54, 1.807) is 6.08 Å². The highest BCUT2D eigenvalue weighted by Crippen LogP contribution is 2.60. The number of aromatic nitrogens is 2. The summed E-state index contributed by atoms with van der Waals surface area (Å²) < 4.78 is 56.7. The van der Waals surface area contributed by atoms with E-state index in [0.29, 0.717) is 32.1 Å². The normalized spacial score (nSPS) is 20.1. The van der Waals surface area contributed by atoms with Crippen molar-refractivity contribution in [2.45, 2.75) is 173 Å². The van der Waals surface area contributed by atoms with Crippen LogP contribution in [-0.4, -0.2) is 96.9 Å². The molecule has 8 atom stereocenters. The zero-order valence-corrected chi connectivity index (χ0v) is 45.4. The second-order valence-electron chi connectivity index (χ2n) is 17.5. The van der Waals surface area contributed by atoms with Crippen molar-refractivity contribution in [1.82, 2.24) is 9.55 Å². The van der Waals surface area contributed by atoms with E-state index < -0.39 is 89.8 Å². The van der Waals surface area contributed by atoms with Crippen LogP contribution in [0.25, 0.3) is 0 Å². The molecule has 21 heteroatoms. The third-order valence-corrected chi connectivity index (χ3v) is 13.5. The lowest BCUT2D eigenvalue weighted by atomic mass is 10.1. The number of carbonyl (C=O) groups is 2. The summed E-state index contributed by atoms with van der Waals surface area (Å²) in [6.45, 7) is 1.81. The van der Waals surface area contributed by atoms with Crippen molar-refractivity contribution in [1.29, 1.82) is 0 Å². The Labute approximate surface area is 443 Å². The molecule has 1 aromatic heterocycles. The molecule has 0 aliphatic carbocycles. The fourth-order valence-corrected chi connectivity index (χ4v) is 9.02. The fraction of sp³-hybridized carbons (Fsp3) is 0.556. The van der Waals surface area contributed by atoms with Crippen molar-refractivity contribution in [3.63, 3.8) is 0 Å². The van der Waals surface area contributed by atoms with Crippen LogP contribution in [0.1, 0.15) is 142 Å². The van der Waals surface area contributed by atoms with Gasteiger partial charge in [-0.15, -0.1) is 0 Å². The van der Waals surface area contributed by atoms with Crippen LogP contribution >= 0.6 is 15.6 Å². The lowest BCUT2D eigenvalue weighted by molar-refractivity contribution is -0.161. The zero-order chi connectivity index (χ0) is 55.0. The number of aliphatic hydroxyl groups is 3. The van der Waals surface area contributed by atoms with Crippen LogP contribution in [0.15, 0.2) is 126 Å². The van der Waals surface area contributed by atoms with Crippen LogP contribution in [0.2, 0.25) is 0 Å². The number of hydrogen-bond acceptors (Lipinski definition) is 16. The van der Waals surface area contributed by atoms with E-state index in [2.05, 4.69) is 83.9 Å². The molecule has 0 bridgehead atoms. The smallest absolute Gasteiger partial charge is 0.462 e. The van der Waals surface area contributed by atoms with E-state index in [-0.39, 0.29) is 18.7 Å². The van der Waals surface area contributed by atoms with Gasteiger partial charge >= 0.3 is 33.3 Å². The molecule has 75 heavy (non-hydrogen) atoms. The first-order valence-corrected chi connectivity index (χ1v) is 29.0. The molecule has 420 valence electrons. The van der Waals surface area contributed by atoms with E-state index in [1.807, 2.05) is 42.5 Å². The van der Waals surface area contributed by atoms with Gasteiger partial charge < -0.3 is 45.1 Å². The third-order valence-electron chi connectivity index (χ3n) is 10.9. The minimum atomic E-state index is -5.46. The summed E-state index contributed by atoms with van der Waals surface area (Å²) in [5.41, 5.74) is 4.57. The number of carbonyl (C=O) groups excluding carboxylic acids is 2. The number of unbranched alkanes of at least 4 members (excludes halogenated alkanes) is 6. The highest BCUT2D eigenvalue weighted by molar-refractivity contribution is 7.61. The summed E-state index contributed by atoms with van der Waals surface area (Å²) in [5.74, 6) is -1.45. The van der Waals surface area contributed by atoms with Crippen molar-refractivity contribution in [3.8, 4) is 0 Å². The van der Waals surface area contributed by atoms with Crippen LogP contribution in [-0.2, 0) is 46.3 Å². The number of phosphoric ester groups is 2. The standard InChI is InChI=1S/C54H83N3O16P2/c1-3-5-7-8-9-10-11-12-13-14-15-16-17-18-21-25-28-31-35-39-50(60)71-46(42-68-49(59)38-34-30-27-24-22-19-20-23-26-29-33-37-45(58)36-32-6-4-2)43-69-74(64,65)73-75(66,67)70-44-47-51(61)52(62)53(72-47)57-41-40-48(55)56-54(57)63/h5,7,9-10,12-13,15-16,18-21,24,26-27,29,33,37,40-41,45-47,51-53,58,61-62H,3-4,6,8,11,14,17,22-23,25,28,30-32,34-36,38-39,42-44H2,1-2H3,(H,64,65)(H,66,67)(H2,55,56,63)/b7-5-,10-9-,13-12-,16-15-,20-19-,21-18-,27-24-,29-26-,37-33+/t45-,46-,47-,51-,52-,53-/m1/s1. The number of phosphoric acid groups is 2. The molecule has 1 aliphatic heterocycles. The van der Waals surface area contributed by atoms with E-state index in [0.717, 1.165) is 87.8 Å². The van der Waals surface area contributed by atoms with Gasteiger partial charge in [-0.05, 0) is 89.5 Å². The van der Waals surface area contributed by atoms with Gasteiger partial charge in [-0.3, -0.25) is 23.2 Å². The number of nitrogens with zero attached hydrogens (tertiary/aromatic N) is 2. The second kappa shape index (κ2) is 40.6. The van der Waals surface area contributed by atoms with Crippen LogP contribution in [0.5, 0.6) is 0 Å². The summed E-state index contributed by atoms with van der Waals surface area (Å²) in [4.78, 5) is 61.9. The molecule has 0 amide bonds. The zero-order valence-electron chi connectivity index (χ0n) is 43.7. The Hall–Kier alpha value is -4.62. The average Bonchev–Trinajstić information content (AvgIpc) is 3.64. The Morgan fingerprint density at radius 1 is 0.720 bits per heavy atom. The number of esters is 2. The Morgan fingerprint density at radius 2 is 1.29 bits per heavy atom. The van der Waals surface area contributed by atoms with E-state index in [1.165, 1.54) is 6.07 Å². The van der Waals surface area contributed by atoms with Crippen molar-refractivity contribution in [2.24, 2.45) is 0 Å². The summed E-state index contributed by atoms with van der Waals surface area (Å²) >= 11 is 0. The topological polar surface area (TPSA) is 286 Å². The minimum Gasteiger partial charge on any atom is -0.462 e. The molecule has 7 N–H and O–H groups in total. The summed E-state index contributed by atoms with van der Waals surface area (Å²) in [5, 5.41) is 30.9. The number of ether oxygens (including phenoxy) is 3. The van der Waals surface area contributed by atoms with E-state index >= 15 is 0 Å². The second-order valence-corrected chi connectivity index (χ2v) is 20.5. The molecule has 1 aliphatic rings. The first kappa shape index (κ1) is 66.5. The predicted octanol–water partition coefficient (Wildman–Crippen LogP) is 9.97. The maximum Gasteiger partial charge on any atom is 0.481 e. The fourth-order valence-electron chi connectivity index (χ4n) is 6.91. The lowest BCUT2D eigenvalue weighted by Gasteiger charge is -2.21. The molecule has 1 aromatic rings. The first-order chi connectivity index (χ1) is 36.1. The maximum absolute atomic E-state index is 12.9. The van der Waals surface area contributed by atoms with Gasteiger partial charge in [-0.2, -0.15) is 9.29 Å². The molecule has 0 radical (unpaired) electrons. The van der Waals surface area contributed by atoms with Crippen molar-refractivity contribution < 1.29 is 71.4 Å². The SMILES string of the molecule is CC/C=C\C/C=C\C/C=C\C/C=C\C/C=C\CCCCCC(=O)O[C@H](COC(=O)CCC/C=C\C/C=C\C/C=C\C=C\[C@H](O)CCCCC)COP(=O)(O)OP(=O)(O)OC[C@H]1O[C@@H](n2ccc(N)nc2=O)[C@H](O)[C@@H]1O. The number of nitrogens with two attached hydrogens (primary N) is 1. The lowest BCUT2D eigenvalue weighted by Crippen LogP contribution is -2.36. The Morgan fingerprint density at radius 3 is 1.91 bits per heavy atom. The molecule has 19 nitrogen and oxygen atoms in total. The molecule has 0 aromatic carbocycles. The van der Waals surface area contributed by atoms with Gasteiger partial charge in [0.15, 0.2) is 12.3 Å². The molecule has 0 saturated carbocycles. The molecular weight excluding hydrogens is 1010 g/mol. The Kier molecular flexibility index (Phi) is 36.0. The number of hydrogen-bond donors (Lipinski definition) is 6. The number of anilines is 1. The van der Waals surface area contributed by atoms with Gasteiger partial charge in [-0.1, -0.05) is 149 Å².